The molecule has 0 aliphatic heterocycles. The second kappa shape index (κ2) is 11.9. The summed E-state index contributed by atoms with van der Waals surface area (Å²) in [6.07, 6.45) is 19.1. The summed E-state index contributed by atoms with van der Waals surface area (Å²) >= 11 is 4.20. The predicted octanol–water partition coefficient (Wildman–Crippen LogP) is 4.80. The van der Waals surface area contributed by atoms with Crippen molar-refractivity contribution in [3.63, 3.8) is 0 Å². The first-order chi connectivity index (χ1) is 8.93. The Bertz CT molecular complexity index is 223. The standard InChI is InChI=1S/C16H28OS/c18-15-9-2-1-7-13-17-14-8-3-4-10-16-11-5-6-12-16/h5-6,11-12,16,18H,1-4,7-10,13-15H2. The quantitative estimate of drug-likeness (QED) is 0.395. The zero-order valence-electron chi connectivity index (χ0n) is 11.5. The lowest BCUT2D eigenvalue weighted by molar-refractivity contribution is 0.125. The minimum Gasteiger partial charge on any atom is -0.381 e. The van der Waals surface area contributed by atoms with Crippen molar-refractivity contribution < 1.29 is 4.74 Å². The third-order valence-electron chi connectivity index (χ3n) is 3.35. The van der Waals surface area contributed by atoms with Gasteiger partial charge in [-0.1, -0.05) is 50.0 Å². The van der Waals surface area contributed by atoms with E-state index in [0.717, 1.165) is 19.0 Å². The maximum absolute atomic E-state index is 5.64. The molecule has 1 aliphatic rings. The smallest absolute Gasteiger partial charge is 0.0466 e. The van der Waals surface area contributed by atoms with Gasteiger partial charge in [-0.05, 0) is 37.4 Å². The number of thiol groups is 1. The predicted molar refractivity (Wildman–Crippen MR) is 83.4 cm³/mol. The Morgan fingerprint density at radius 2 is 1.39 bits per heavy atom. The summed E-state index contributed by atoms with van der Waals surface area (Å²) in [6, 6.07) is 0. The van der Waals surface area contributed by atoms with Crippen molar-refractivity contribution in [1.82, 2.24) is 0 Å². The molecular formula is C16H28OS. The lowest BCUT2D eigenvalue weighted by Crippen LogP contribution is -1.98. The summed E-state index contributed by atoms with van der Waals surface area (Å²) in [4.78, 5) is 0. The lowest BCUT2D eigenvalue weighted by atomic mass is 10.0. The van der Waals surface area contributed by atoms with Gasteiger partial charge in [0, 0.05) is 13.2 Å². The zero-order chi connectivity index (χ0) is 12.9. The average molecular weight is 268 g/mol. The molecule has 18 heavy (non-hydrogen) atoms. The van der Waals surface area contributed by atoms with Crippen molar-refractivity contribution in [2.75, 3.05) is 19.0 Å². The molecule has 0 aromatic heterocycles. The third kappa shape index (κ3) is 8.82. The Balaban J connectivity index is 1.71. The second-order valence-corrected chi connectivity index (χ2v) is 5.48. The molecular weight excluding hydrogens is 240 g/mol. The molecule has 0 unspecified atom stereocenters. The van der Waals surface area contributed by atoms with Crippen molar-refractivity contribution in [3.8, 4) is 0 Å². The van der Waals surface area contributed by atoms with Gasteiger partial charge in [0.15, 0.2) is 0 Å². The van der Waals surface area contributed by atoms with Crippen molar-refractivity contribution in [3.05, 3.63) is 24.3 Å². The zero-order valence-corrected chi connectivity index (χ0v) is 12.4. The molecule has 2 heteroatoms. The SMILES string of the molecule is SCCCCCCOCCCCCC1C=CC=C1. The molecule has 0 bridgehead atoms. The van der Waals surface area contributed by atoms with Gasteiger partial charge >= 0.3 is 0 Å². The molecule has 0 radical (unpaired) electrons. The van der Waals surface area contributed by atoms with E-state index in [4.69, 9.17) is 4.74 Å². The number of hydrogen-bond donors (Lipinski definition) is 1. The summed E-state index contributed by atoms with van der Waals surface area (Å²) in [7, 11) is 0. The molecule has 0 fully saturated rings. The van der Waals surface area contributed by atoms with E-state index in [2.05, 4.69) is 36.9 Å². The fourth-order valence-electron chi connectivity index (χ4n) is 2.20. The summed E-state index contributed by atoms with van der Waals surface area (Å²) in [5.74, 6) is 1.73. The van der Waals surface area contributed by atoms with E-state index in [1.807, 2.05) is 0 Å². The maximum atomic E-state index is 5.64. The van der Waals surface area contributed by atoms with Crippen molar-refractivity contribution >= 4 is 12.6 Å². The van der Waals surface area contributed by atoms with Crippen LogP contribution in [0.15, 0.2) is 24.3 Å². The van der Waals surface area contributed by atoms with Gasteiger partial charge < -0.3 is 4.74 Å². The number of ether oxygens (including phenoxy) is 1. The van der Waals surface area contributed by atoms with Gasteiger partial charge in [-0.2, -0.15) is 12.6 Å². The minimum atomic E-state index is 0.706. The van der Waals surface area contributed by atoms with Crippen LogP contribution in [0, 0.1) is 5.92 Å². The summed E-state index contributed by atoms with van der Waals surface area (Å²) < 4.78 is 5.64. The van der Waals surface area contributed by atoms with Crippen LogP contribution >= 0.6 is 12.6 Å². The van der Waals surface area contributed by atoms with Crippen LogP contribution in [0.2, 0.25) is 0 Å². The molecule has 0 saturated heterocycles. The van der Waals surface area contributed by atoms with Gasteiger partial charge in [-0.3, -0.25) is 0 Å². The van der Waals surface area contributed by atoms with Crippen molar-refractivity contribution in [2.24, 2.45) is 5.92 Å². The van der Waals surface area contributed by atoms with E-state index in [1.165, 1.54) is 51.4 Å². The largest absolute Gasteiger partial charge is 0.381 e. The molecule has 0 amide bonds. The van der Waals surface area contributed by atoms with Gasteiger partial charge in [0.2, 0.25) is 0 Å². The second-order valence-electron chi connectivity index (χ2n) is 5.03. The van der Waals surface area contributed by atoms with E-state index in [1.54, 1.807) is 0 Å². The van der Waals surface area contributed by atoms with Crippen LogP contribution in [0.4, 0.5) is 0 Å². The third-order valence-corrected chi connectivity index (χ3v) is 3.67. The van der Waals surface area contributed by atoms with Gasteiger partial charge in [-0.15, -0.1) is 0 Å². The van der Waals surface area contributed by atoms with E-state index in [9.17, 15) is 0 Å². The number of allylic oxidation sites excluding steroid dienone is 4. The highest BCUT2D eigenvalue weighted by Gasteiger charge is 2.02. The van der Waals surface area contributed by atoms with Crippen LogP contribution in [-0.4, -0.2) is 19.0 Å². The fraction of sp³-hybridized carbons (Fsp3) is 0.750. The number of hydrogen-bond acceptors (Lipinski definition) is 2. The first-order valence-electron chi connectivity index (χ1n) is 7.47. The maximum Gasteiger partial charge on any atom is 0.0466 e. The highest BCUT2D eigenvalue weighted by Crippen LogP contribution is 2.16. The highest BCUT2D eigenvalue weighted by atomic mass is 32.1. The molecule has 1 rings (SSSR count). The molecule has 0 atom stereocenters. The van der Waals surface area contributed by atoms with Gasteiger partial charge in [0.25, 0.3) is 0 Å². The summed E-state index contributed by atoms with van der Waals surface area (Å²) in [5.41, 5.74) is 0. The Labute approximate surface area is 118 Å². The van der Waals surface area contributed by atoms with Crippen LogP contribution in [0.1, 0.15) is 51.4 Å². The van der Waals surface area contributed by atoms with Crippen LogP contribution in [-0.2, 0) is 4.74 Å². The summed E-state index contributed by atoms with van der Waals surface area (Å²) in [5, 5.41) is 0. The fourth-order valence-corrected chi connectivity index (χ4v) is 2.43. The van der Waals surface area contributed by atoms with Gasteiger partial charge in [0.1, 0.15) is 0 Å². The average Bonchev–Trinajstić information content (AvgIpc) is 2.89. The minimum absolute atomic E-state index is 0.706. The van der Waals surface area contributed by atoms with E-state index < -0.39 is 0 Å². The monoisotopic (exact) mass is 268 g/mol. The van der Waals surface area contributed by atoms with Crippen molar-refractivity contribution in [2.45, 2.75) is 51.4 Å². The highest BCUT2D eigenvalue weighted by molar-refractivity contribution is 7.80. The van der Waals surface area contributed by atoms with Crippen LogP contribution in [0.5, 0.6) is 0 Å². The molecule has 0 aromatic carbocycles. The number of rotatable bonds is 12. The molecule has 0 aromatic rings. The Morgan fingerprint density at radius 3 is 2.06 bits per heavy atom. The first-order valence-corrected chi connectivity index (χ1v) is 8.10. The Hall–Kier alpha value is -0.210. The van der Waals surface area contributed by atoms with E-state index in [-0.39, 0.29) is 0 Å². The van der Waals surface area contributed by atoms with Gasteiger partial charge in [0.05, 0.1) is 0 Å². The molecule has 1 nitrogen and oxygen atoms in total. The lowest BCUT2D eigenvalue weighted by Gasteiger charge is -2.06. The first kappa shape index (κ1) is 15.8. The van der Waals surface area contributed by atoms with Crippen molar-refractivity contribution in [1.29, 1.82) is 0 Å². The summed E-state index contributed by atoms with van der Waals surface area (Å²) in [6.45, 7) is 1.89. The van der Waals surface area contributed by atoms with Crippen LogP contribution < -0.4 is 0 Å². The van der Waals surface area contributed by atoms with E-state index in [0.29, 0.717) is 5.92 Å². The molecule has 0 N–H and O–H groups in total. The molecule has 0 saturated carbocycles. The molecule has 0 spiro atoms. The molecule has 104 valence electrons. The Kier molecular flexibility index (Phi) is 10.4. The molecule has 0 heterocycles. The number of unbranched alkanes of at least 4 members (excludes halogenated alkanes) is 5. The Morgan fingerprint density at radius 1 is 0.778 bits per heavy atom. The van der Waals surface area contributed by atoms with E-state index >= 15 is 0 Å². The molecule has 1 aliphatic carbocycles. The van der Waals surface area contributed by atoms with Crippen LogP contribution in [0.3, 0.4) is 0 Å². The van der Waals surface area contributed by atoms with Crippen LogP contribution in [0.25, 0.3) is 0 Å². The normalized spacial score (nSPS) is 14.7. The van der Waals surface area contributed by atoms with Gasteiger partial charge in [-0.25, -0.2) is 0 Å². The topological polar surface area (TPSA) is 9.23 Å².